The highest BCUT2D eigenvalue weighted by atomic mass is 32.1. The van der Waals surface area contributed by atoms with E-state index in [0.717, 1.165) is 71.0 Å². The minimum atomic E-state index is -3.33. The number of fused-ring (bicyclic) bond motifs is 1. The van der Waals surface area contributed by atoms with Gasteiger partial charge < -0.3 is 5.32 Å². The second-order valence-electron chi connectivity index (χ2n) is 10.4. The Labute approximate surface area is 223 Å². The fraction of sp³-hybridized carbons (Fsp3) is 0.400. The summed E-state index contributed by atoms with van der Waals surface area (Å²) in [4.78, 5) is 2.79. The highest BCUT2D eigenvalue weighted by Gasteiger charge is 2.32. The summed E-state index contributed by atoms with van der Waals surface area (Å²) in [5.41, 5.74) is 3.73. The van der Waals surface area contributed by atoms with Gasteiger partial charge in [0, 0.05) is 53.0 Å². The minimum Gasteiger partial charge on any atom is -0.383 e. The van der Waals surface area contributed by atoms with Crippen LogP contribution in [0.2, 0.25) is 0 Å². The maximum absolute atomic E-state index is 14.6. The van der Waals surface area contributed by atoms with Crippen molar-refractivity contribution >= 4 is 21.4 Å². The number of thiophene rings is 1. The van der Waals surface area contributed by atoms with Gasteiger partial charge in [-0.2, -0.15) is 0 Å². The van der Waals surface area contributed by atoms with Gasteiger partial charge >= 0.3 is 0 Å². The first-order valence-corrected chi connectivity index (χ1v) is 13.8. The number of hydrogen-bond acceptors (Lipinski definition) is 3. The Morgan fingerprint density at radius 1 is 1.08 bits per heavy atom. The molecule has 1 N–H and O–H groups in total. The molecule has 1 aromatic heterocycles. The number of nitrogens with zero attached hydrogens (tertiary/aromatic N) is 1. The summed E-state index contributed by atoms with van der Waals surface area (Å²) in [6.45, 7) is 5.01. The van der Waals surface area contributed by atoms with Crippen LogP contribution < -0.4 is 5.32 Å². The normalized spacial score (nSPS) is 16.9. The average molecular weight is 547 g/mol. The van der Waals surface area contributed by atoms with Gasteiger partial charge in [-0.05, 0) is 67.3 Å². The van der Waals surface area contributed by atoms with E-state index in [1.807, 2.05) is 25.1 Å². The molecule has 2 heterocycles. The van der Waals surface area contributed by atoms with Gasteiger partial charge in [0.2, 0.25) is 0 Å². The van der Waals surface area contributed by atoms with Crippen molar-refractivity contribution in [3.05, 3.63) is 82.1 Å². The van der Waals surface area contributed by atoms with E-state index in [9.17, 15) is 22.0 Å². The van der Waals surface area contributed by atoms with Crippen LogP contribution in [0.1, 0.15) is 42.9 Å². The third-order valence-electron chi connectivity index (χ3n) is 7.39. The van der Waals surface area contributed by atoms with Gasteiger partial charge in [-0.15, -0.1) is 11.3 Å². The lowest BCUT2D eigenvalue weighted by atomic mass is 9.91. The summed E-state index contributed by atoms with van der Waals surface area (Å²) in [5, 5.41) is 4.53. The lowest BCUT2D eigenvalue weighted by molar-refractivity contribution is 0.0177. The van der Waals surface area contributed by atoms with E-state index in [4.69, 9.17) is 0 Å². The average Bonchev–Trinajstić information content (AvgIpc) is 3.21. The molecule has 38 heavy (non-hydrogen) atoms. The Morgan fingerprint density at radius 3 is 2.53 bits per heavy atom. The minimum absolute atomic E-state index is 0.0450. The topological polar surface area (TPSA) is 15.3 Å². The van der Waals surface area contributed by atoms with Gasteiger partial charge in [-0.3, -0.25) is 9.29 Å². The predicted octanol–water partition coefficient (Wildman–Crippen LogP) is 8.05. The molecule has 0 amide bonds. The van der Waals surface area contributed by atoms with Gasteiger partial charge in [-0.1, -0.05) is 29.8 Å². The lowest BCUT2D eigenvalue weighted by Crippen LogP contribution is -2.57. The Kier molecular flexibility index (Phi) is 7.65. The number of halogens is 5. The Morgan fingerprint density at radius 2 is 1.84 bits per heavy atom. The van der Waals surface area contributed by atoms with Crippen molar-refractivity contribution in [2.24, 2.45) is 0 Å². The van der Waals surface area contributed by atoms with Crippen LogP contribution in [-0.4, -0.2) is 37.3 Å². The molecule has 5 rings (SSSR count). The Hall–Kier alpha value is -2.71. The van der Waals surface area contributed by atoms with Crippen LogP contribution in [0.5, 0.6) is 0 Å². The summed E-state index contributed by atoms with van der Waals surface area (Å²) < 4.78 is 70.9. The molecule has 0 unspecified atom stereocenters. The number of benzene rings is 2. The van der Waals surface area contributed by atoms with E-state index >= 15 is 0 Å². The van der Waals surface area contributed by atoms with Crippen LogP contribution in [0.4, 0.5) is 22.0 Å². The highest BCUT2D eigenvalue weighted by molar-refractivity contribution is 7.22. The molecule has 2 nitrogen and oxygen atoms in total. The molecular weight excluding hydrogens is 515 g/mol. The second-order valence-corrected chi connectivity index (χ2v) is 11.4. The standard InChI is InChI=1S/C30H31F5N2S/c1-18-5-3-6-22-23(13-19-7-9-20(10-8-19)36-21-16-37(17-21)12-4-11-31)29(38-28(18)22)24-14-26(32)27(33)15-25(24)30(2,34)35/h3,5-7,9,14-15,21,36H,4,8,10-13,16-17H2,1-2H3. The molecule has 8 heteroatoms. The highest BCUT2D eigenvalue weighted by Crippen LogP contribution is 2.46. The first-order chi connectivity index (χ1) is 18.1. The number of aryl methyl sites for hydroxylation is 1. The molecule has 0 spiro atoms. The van der Waals surface area contributed by atoms with Gasteiger partial charge in [0.1, 0.15) is 0 Å². The van der Waals surface area contributed by atoms with Crippen molar-refractivity contribution < 1.29 is 22.0 Å². The maximum Gasteiger partial charge on any atom is 0.271 e. The number of likely N-dealkylation sites (tertiary alicyclic amines) is 1. The van der Waals surface area contributed by atoms with Crippen LogP contribution in [0, 0.1) is 18.6 Å². The van der Waals surface area contributed by atoms with Gasteiger partial charge in [0.05, 0.1) is 12.7 Å². The first kappa shape index (κ1) is 26.9. The molecule has 0 radical (unpaired) electrons. The summed E-state index contributed by atoms with van der Waals surface area (Å²) in [6, 6.07) is 7.79. The molecule has 1 aliphatic carbocycles. The van der Waals surface area contributed by atoms with Crippen LogP contribution in [0.25, 0.3) is 20.5 Å². The molecule has 1 fully saturated rings. The Balaban J connectivity index is 1.44. The first-order valence-electron chi connectivity index (χ1n) is 13.0. The van der Waals surface area contributed by atoms with E-state index in [1.165, 1.54) is 11.3 Å². The largest absolute Gasteiger partial charge is 0.383 e. The van der Waals surface area contributed by atoms with Gasteiger partial charge in [-0.25, -0.2) is 17.6 Å². The summed E-state index contributed by atoms with van der Waals surface area (Å²) in [6.07, 6.45) is 6.92. The molecule has 0 bridgehead atoms. The molecule has 2 aromatic carbocycles. The maximum atomic E-state index is 14.6. The quantitative estimate of drug-likeness (QED) is 0.273. The van der Waals surface area contributed by atoms with Crippen molar-refractivity contribution in [3.8, 4) is 10.4 Å². The van der Waals surface area contributed by atoms with Gasteiger partial charge in [0.25, 0.3) is 5.92 Å². The number of nitrogens with one attached hydrogen (secondary N) is 1. The second kappa shape index (κ2) is 10.8. The third-order valence-corrected chi connectivity index (χ3v) is 8.80. The van der Waals surface area contributed by atoms with Gasteiger partial charge in [0.15, 0.2) is 11.6 Å². The van der Waals surface area contributed by atoms with Crippen LogP contribution in [0.3, 0.4) is 0 Å². The summed E-state index contributed by atoms with van der Waals surface area (Å²) in [7, 11) is 0. The van der Waals surface area contributed by atoms with Crippen molar-refractivity contribution in [2.45, 2.75) is 51.5 Å². The van der Waals surface area contributed by atoms with E-state index in [-0.39, 0.29) is 12.2 Å². The Bertz CT molecular complexity index is 1400. The molecule has 0 saturated carbocycles. The zero-order valence-corrected chi connectivity index (χ0v) is 22.3. The molecule has 3 aromatic rings. The number of alkyl halides is 3. The van der Waals surface area contributed by atoms with Crippen LogP contribution in [0.15, 0.2) is 53.8 Å². The molecule has 0 atom stereocenters. The van der Waals surface area contributed by atoms with Crippen molar-refractivity contribution in [1.82, 2.24) is 10.2 Å². The molecular formula is C30H31F5N2S. The zero-order chi connectivity index (χ0) is 27.0. The zero-order valence-electron chi connectivity index (χ0n) is 21.5. The van der Waals surface area contributed by atoms with Crippen molar-refractivity contribution in [2.75, 3.05) is 26.3 Å². The smallest absolute Gasteiger partial charge is 0.271 e. The molecule has 202 valence electrons. The third kappa shape index (κ3) is 5.52. The fourth-order valence-corrected chi connectivity index (χ4v) is 6.69. The number of rotatable bonds is 9. The SMILES string of the molecule is Cc1cccc2c(CC3=CC=C(NC4CN(CCCF)C4)CC3)c(-c3cc(F)c(F)cc3C(C)(F)F)sc12. The van der Waals surface area contributed by atoms with Crippen LogP contribution in [-0.2, 0) is 12.3 Å². The summed E-state index contributed by atoms with van der Waals surface area (Å²) in [5.74, 6) is -5.74. The number of hydrogen-bond donors (Lipinski definition) is 1. The van der Waals surface area contributed by atoms with E-state index < -0.39 is 23.1 Å². The lowest BCUT2D eigenvalue weighted by Gasteiger charge is -2.40. The molecule has 1 aliphatic heterocycles. The molecule has 2 aliphatic rings. The fourth-order valence-electron chi connectivity index (χ4n) is 5.37. The van der Waals surface area contributed by atoms with E-state index in [2.05, 4.69) is 22.4 Å². The molecule has 1 saturated heterocycles. The van der Waals surface area contributed by atoms with E-state index in [1.54, 1.807) is 0 Å². The van der Waals surface area contributed by atoms with Crippen molar-refractivity contribution in [1.29, 1.82) is 0 Å². The number of allylic oxidation sites excluding steroid dienone is 4. The van der Waals surface area contributed by atoms with E-state index in [0.29, 0.717) is 36.8 Å². The summed E-state index contributed by atoms with van der Waals surface area (Å²) >= 11 is 1.36. The van der Waals surface area contributed by atoms with Crippen LogP contribution >= 0.6 is 11.3 Å². The predicted molar refractivity (Wildman–Crippen MR) is 145 cm³/mol. The van der Waals surface area contributed by atoms with Crippen molar-refractivity contribution in [3.63, 3.8) is 0 Å². The monoisotopic (exact) mass is 546 g/mol.